The molecule has 20 heavy (non-hydrogen) atoms. The van der Waals surface area contributed by atoms with Gasteiger partial charge in [-0.1, -0.05) is 0 Å². The normalized spacial score (nSPS) is 14.9. The Morgan fingerprint density at radius 1 is 1.40 bits per heavy atom. The Kier molecular flexibility index (Phi) is 4.52. The van der Waals surface area contributed by atoms with Crippen LogP contribution >= 0.6 is 0 Å². The molecule has 1 aromatic rings. The maximum atomic E-state index is 11.9. The standard InChI is InChI=1S/C13H18N4O3/c1-9-10(13(19)20)2-3-11(16-9)15-8-12(18)17-6-4-14-5-7-17/h2-3,14H,4-8H2,1H3,(H,15,16)(H,19,20). The monoisotopic (exact) mass is 278 g/mol. The summed E-state index contributed by atoms with van der Waals surface area (Å²) >= 11 is 0. The van der Waals surface area contributed by atoms with Gasteiger partial charge in [0.05, 0.1) is 17.8 Å². The van der Waals surface area contributed by atoms with Crippen molar-refractivity contribution in [1.82, 2.24) is 15.2 Å². The number of rotatable bonds is 4. The Balaban J connectivity index is 1.92. The summed E-state index contributed by atoms with van der Waals surface area (Å²) in [7, 11) is 0. The van der Waals surface area contributed by atoms with E-state index in [9.17, 15) is 9.59 Å². The topological polar surface area (TPSA) is 94.6 Å². The summed E-state index contributed by atoms with van der Waals surface area (Å²) in [4.78, 5) is 28.8. The number of nitrogens with zero attached hydrogens (tertiary/aromatic N) is 2. The molecule has 1 amide bonds. The van der Waals surface area contributed by atoms with Gasteiger partial charge in [-0.15, -0.1) is 0 Å². The molecule has 0 atom stereocenters. The van der Waals surface area contributed by atoms with Gasteiger partial charge in [0, 0.05) is 26.2 Å². The third-order valence-corrected chi connectivity index (χ3v) is 3.21. The summed E-state index contributed by atoms with van der Waals surface area (Å²) in [5.74, 6) is -0.470. The molecule has 7 nitrogen and oxygen atoms in total. The molecule has 0 radical (unpaired) electrons. The molecule has 0 unspecified atom stereocenters. The molecule has 1 aliphatic heterocycles. The van der Waals surface area contributed by atoms with E-state index in [1.54, 1.807) is 17.9 Å². The first-order valence-corrected chi connectivity index (χ1v) is 6.51. The molecule has 1 aliphatic rings. The molecule has 0 aliphatic carbocycles. The second-order valence-electron chi connectivity index (χ2n) is 4.62. The molecular weight excluding hydrogens is 260 g/mol. The van der Waals surface area contributed by atoms with Gasteiger partial charge in [-0.05, 0) is 19.1 Å². The van der Waals surface area contributed by atoms with Crippen molar-refractivity contribution in [2.45, 2.75) is 6.92 Å². The second kappa shape index (κ2) is 6.33. The van der Waals surface area contributed by atoms with Crippen LogP contribution in [0.4, 0.5) is 5.82 Å². The molecule has 0 aromatic carbocycles. The lowest BCUT2D eigenvalue weighted by Crippen LogP contribution is -2.48. The van der Waals surface area contributed by atoms with Crippen LogP contribution in [0.25, 0.3) is 0 Å². The fourth-order valence-corrected chi connectivity index (χ4v) is 2.08. The lowest BCUT2D eigenvalue weighted by molar-refractivity contribution is -0.129. The van der Waals surface area contributed by atoms with Crippen LogP contribution in [0.15, 0.2) is 12.1 Å². The van der Waals surface area contributed by atoms with E-state index in [1.165, 1.54) is 6.07 Å². The van der Waals surface area contributed by atoms with Gasteiger partial charge in [-0.3, -0.25) is 4.79 Å². The molecule has 108 valence electrons. The Hall–Kier alpha value is -2.15. The number of anilines is 1. The number of aromatic carboxylic acids is 1. The summed E-state index contributed by atoms with van der Waals surface area (Å²) in [5, 5.41) is 15.0. The number of carboxylic acid groups (broad SMARTS) is 1. The molecular formula is C13H18N4O3. The van der Waals surface area contributed by atoms with Gasteiger partial charge in [-0.2, -0.15) is 0 Å². The molecule has 2 heterocycles. The Bertz CT molecular complexity index is 512. The van der Waals surface area contributed by atoms with E-state index in [4.69, 9.17) is 5.11 Å². The Labute approximate surface area is 117 Å². The zero-order valence-electron chi connectivity index (χ0n) is 11.3. The fourth-order valence-electron chi connectivity index (χ4n) is 2.08. The maximum absolute atomic E-state index is 11.9. The van der Waals surface area contributed by atoms with Crippen LogP contribution in [0.2, 0.25) is 0 Å². The van der Waals surface area contributed by atoms with Crippen LogP contribution in [-0.4, -0.2) is 59.6 Å². The van der Waals surface area contributed by atoms with Crippen molar-refractivity contribution in [3.8, 4) is 0 Å². The van der Waals surface area contributed by atoms with Crippen LogP contribution in [0, 0.1) is 6.92 Å². The van der Waals surface area contributed by atoms with Crippen molar-refractivity contribution in [3.05, 3.63) is 23.4 Å². The summed E-state index contributed by atoms with van der Waals surface area (Å²) < 4.78 is 0. The van der Waals surface area contributed by atoms with E-state index in [-0.39, 0.29) is 18.0 Å². The number of nitrogens with one attached hydrogen (secondary N) is 2. The Morgan fingerprint density at radius 2 is 2.10 bits per heavy atom. The lowest BCUT2D eigenvalue weighted by Gasteiger charge is -2.27. The van der Waals surface area contributed by atoms with E-state index < -0.39 is 5.97 Å². The van der Waals surface area contributed by atoms with Gasteiger partial charge in [0.2, 0.25) is 5.91 Å². The van der Waals surface area contributed by atoms with E-state index in [1.807, 2.05) is 0 Å². The minimum Gasteiger partial charge on any atom is -0.478 e. The first-order chi connectivity index (χ1) is 9.58. The van der Waals surface area contributed by atoms with Gasteiger partial charge < -0.3 is 20.6 Å². The zero-order valence-corrected chi connectivity index (χ0v) is 11.3. The first-order valence-electron chi connectivity index (χ1n) is 6.51. The largest absolute Gasteiger partial charge is 0.478 e. The number of hydrogen-bond acceptors (Lipinski definition) is 5. The van der Waals surface area contributed by atoms with Crippen molar-refractivity contribution in [2.24, 2.45) is 0 Å². The number of carbonyl (C=O) groups is 2. The Morgan fingerprint density at radius 3 is 2.70 bits per heavy atom. The number of aryl methyl sites for hydroxylation is 1. The van der Waals surface area contributed by atoms with Crippen LogP contribution < -0.4 is 10.6 Å². The smallest absolute Gasteiger partial charge is 0.337 e. The highest BCUT2D eigenvalue weighted by Crippen LogP contribution is 2.10. The van der Waals surface area contributed by atoms with Crippen molar-refractivity contribution in [3.63, 3.8) is 0 Å². The first kappa shape index (κ1) is 14.3. The number of carboxylic acids is 1. The predicted molar refractivity (Wildman–Crippen MR) is 73.9 cm³/mol. The van der Waals surface area contributed by atoms with Crippen molar-refractivity contribution in [1.29, 1.82) is 0 Å². The molecule has 0 spiro atoms. The second-order valence-corrected chi connectivity index (χ2v) is 4.62. The zero-order chi connectivity index (χ0) is 14.5. The van der Waals surface area contributed by atoms with Gasteiger partial charge in [0.1, 0.15) is 5.82 Å². The summed E-state index contributed by atoms with van der Waals surface area (Å²) in [6.07, 6.45) is 0. The molecule has 7 heteroatoms. The lowest BCUT2D eigenvalue weighted by atomic mass is 10.2. The summed E-state index contributed by atoms with van der Waals surface area (Å²) in [6, 6.07) is 3.06. The number of aromatic nitrogens is 1. The van der Waals surface area contributed by atoms with Crippen LogP contribution in [0.1, 0.15) is 16.1 Å². The van der Waals surface area contributed by atoms with Gasteiger partial charge >= 0.3 is 5.97 Å². The van der Waals surface area contributed by atoms with Crippen molar-refractivity contribution >= 4 is 17.7 Å². The molecule has 1 aromatic heterocycles. The van der Waals surface area contributed by atoms with Gasteiger partial charge in [-0.25, -0.2) is 9.78 Å². The molecule has 0 bridgehead atoms. The predicted octanol–water partition coefficient (Wildman–Crippen LogP) is -0.0681. The SMILES string of the molecule is Cc1nc(NCC(=O)N2CCNCC2)ccc1C(=O)O. The summed E-state index contributed by atoms with van der Waals surface area (Å²) in [6.45, 7) is 4.86. The maximum Gasteiger partial charge on any atom is 0.337 e. The van der Waals surface area contributed by atoms with Gasteiger partial charge in [0.25, 0.3) is 0 Å². The average molecular weight is 278 g/mol. The number of carbonyl (C=O) groups excluding carboxylic acids is 1. The number of hydrogen-bond donors (Lipinski definition) is 3. The quantitative estimate of drug-likeness (QED) is 0.714. The van der Waals surface area contributed by atoms with Crippen LogP contribution in [-0.2, 0) is 4.79 Å². The molecule has 1 saturated heterocycles. The highest BCUT2D eigenvalue weighted by Gasteiger charge is 2.16. The third-order valence-electron chi connectivity index (χ3n) is 3.21. The molecule has 2 rings (SSSR count). The van der Waals surface area contributed by atoms with Crippen molar-refractivity contribution in [2.75, 3.05) is 38.0 Å². The van der Waals surface area contributed by atoms with Crippen LogP contribution in [0.3, 0.4) is 0 Å². The molecule has 3 N–H and O–H groups in total. The van der Waals surface area contributed by atoms with E-state index in [2.05, 4.69) is 15.6 Å². The van der Waals surface area contributed by atoms with Crippen molar-refractivity contribution < 1.29 is 14.7 Å². The van der Waals surface area contributed by atoms with E-state index >= 15 is 0 Å². The molecule has 0 saturated carbocycles. The number of pyridine rings is 1. The number of amides is 1. The average Bonchev–Trinajstić information content (AvgIpc) is 2.45. The highest BCUT2D eigenvalue weighted by atomic mass is 16.4. The highest BCUT2D eigenvalue weighted by molar-refractivity contribution is 5.89. The third kappa shape index (κ3) is 3.45. The molecule has 1 fully saturated rings. The summed E-state index contributed by atoms with van der Waals surface area (Å²) in [5.41, 5.74) is 0.598. The minimum absolute atomic E-state index is 0.0215. The minimum atomic E-state index is -1.00. The fraction of sp³-hybridized carbons (Fsp3) is 0.462. The van der Waals surface area contributed by atoms with E-state index in [0.717, 1.165) is 13.1 Å². The van der Waals surface area contributed by atoms with Gasteiger partial charge in [0.15, 0.2) is 0 Å². The van der Waals surface area contributed by atoms with Crippen LogP contribution in [0.5, 0.6) is 0 Å². The van der Waals surface area contributed by atoms with E-state index in [0.29, 0.717) is 24.6 Å². The number of piperazine rings is 1.